The van der Waals surface area contributed by atoms with Crippen LogP contribution in [0.1, 0.15) is 0 Å². The van der Waals surface area contributed by atoms with Gasteiger partial charge in [0.2, 0.25) is 23.6 Å². The zero-order chi connectivity index (χ0) is 29.1. The van der Waals surface area contributed by atoms with Crippen LogP contribution in [0.5, 0.6) is 0 Å². The number of amides is 4. The summed E-state index contributed by atoms with van der Waals surface area (Å²) in [5.41, 5.74) is 0.141. The lowest BCUT2D eigenvalue weighted by atomic mass is 10.2. The number of carbonyl (C=O) groups excluding carboxylic acids is 4. The van der Waals surface area contributed by atoms with Gasteiger partial charge in [-0.3, -0.25) is 28.5 Å². The third-order valence-electron chi connectivity index (χ3n) is 6.58. The number of pyridine rings is 1. The Morgan fingerprint density at radius 1 is 0.900 bits per heavy atom. The fraction of sp³-hybridized carbons (Fsp3) is 0.250. The third-order valence-corrected chi connectivity index (χ3v) is 6.83. The predicted molar refractivity (Wildman–Crippen MR) is 148 cm³/mol. The first-order valence-electron chi connectivity index (χ1n) is 12.3. The Hall–Kier alpha value is -4.51. The van der Waals surface area contributed by atoms with Crippen LogP contribution in [0, 0.1) is 23.6 Å². The van der Waals surface area contributed by atoms with Crippen molar-refractivity contribution in [2.75, 3.05) is 38.3 Å². The molecular formula is C28H27ClFN5O5. The van der Waals surface area contributed by atoms with Crippen LogP contribution >= 0.6 is 11.6 Å². The Balaban J connectivity index is 1.54. The number of aromatic nitrogens is 1. The van der Waals surface area contributed by atoms with Crippen molar-refractivity contribution in [3.05, 3.63) is 88.1 Å². The number of benzene rings is 2. The Morgan fingerprint density at radius 2 is 1.55 bits per heavy atom. The summed E-state index contributed by atoms with van der Waals surface area (Å²) in [5.74, 6) is -6.22. The summed E-state index contributed by atoms with van der Waals surface area (Å²) in [4.78, 5) is 66.3. The molecule has 3 atom stereocenters. The van der Waals surface area contributed by atoms with Gasteiger partial charge in [-0.25, -0.2) is 4.39 Å². The van der Waals surface area contributed by atoms with Crippen LogP contribution < -0.4 is 16.2 Å². The Morgan fingerprint density at radius 3 is 2.15 bits per heavy atom. The van der Waals surface area contributed by atoms with E-state index in [4.69, 9.17) is 11.6 Å². The molecule has 1 saturated carbocycles. The molecule has 0 spiro atoms. The smallest absolute Gasteiger partial charge is 0.255 e. The molecule has 1 heterocycles. The molecule has 0 bridgehead atoms. The van der Waals surface area contributed by atoms with Gasteiger partial charge in [-0.05, 0) is 42.5 Å². The van der Waals surface area contributed by atoms with Crippen molar-refractivity contribution in [2.45, 2.75) is 0 Å². The van der Waals surface area contributed by atoms with Crippen molar-refractivity contribution in [3.8, 4) is 5.69 Å². The normalized spacial score (nSPS) is 17.5. The fourth-order valence-corrected chi connectivity index (χ4v) is 4.44. The van der Waals surface area contributed by atoms with Gasteiger partial charge in [-0.2, -0.15) is 0 Å². The average molecular weight is 568 g/mol. The largest absolute Gasteiger partial charge is 0.347 e. The van der Waals surface area contributed by atoms with Crippen molar-refractivity contribution in [1.29, 1.82) is 0 Å². The number of nitrogens with zero attached hydrogens (tertiary/aromatic N) is 3. The maximum atomic E-state index is 15.0. The van der Waals surface area contributed by atoms with E-state index in [1.54, 1.807) is 50.5 Å². The lowest BCUT2D eigenvalue weighted by Gasteiger charge is -2.19. The first kappa shape index (κ1) is 28.5. The molecule has 0 unspecified atom stereocenters. The van der Waals surface area contributed by atoms with Crippen LogP contribution in [0.2, 0.25) is 5.02 Å². The molecule has 0 saturated heterocycles. The van der Waals surface area contributed by atoms with Gasteiger partial charge in [0.15, 0.2) is 0 Å². The number of nitrogens with one attached hydrogen (secondary N) is 2. The molecular weight excluding hydrogens is 541 g/mol. The topological polar surface area (TPSA) is 121 Å². The van der Waals surface area contributed by atoms with Crippen molar-refractivity contribution in [3.63, 3.8) is 0 Å². The lowest BCUT2D eigenvalue weighted by Crippen LogP contribution is -2.39. The minimum Gasteiger partial charge on any atom is -0.347 e. The number of rotatable bonds is 8. The molecule has 12 heteroatoms. The molecule has 10 nitrogen and oxygen atoms in total. The molecule has 208 valence electrons. The van der Waals surface area contributed by atoms with Gasteiger partial charge in [0, 0.05) is 50.2 Å². The van der Waals surface area contributed by atoms with E-state index in [0.717, 1.165) is 11.0 Å². The first-order chi connectivity index (χ1) is 19.0. The van der Waals surface area contributed by atoms with Crippen LogP contribution in [0.3, 0.4) is 0 Å². The highest BCUT2D eigenvalue weighted by Gasteiger charge is 2.63. The second-order valence-corrected chi connectivity index (χ2v) is 10.1. The van der Waals surface area contributed by atoms with E-state index < -0.39 is 41.3 Å². The highest BCUT2D eigenvalue weighted by atomic mass is 35.5. The molecule has 1 fully saturated rings. The summed E-state index contributed by atoms with van der Waals surface area (Å²) in [6, 6.07) is 14.7. The SMILES string of the molecule is CN(C)C(=O)CN(C)C(=O)[C@H]1[C@H](C(=O)Nc2ccc(Cl)cc2)[C@@H]1C(=O)Nc1ccc(-n2ccccc2=O)cc1F. The van der Waals surface area contributed by atoms with E-state index in [1.165, 1.54) is 40.9 Å². The zero-order valence-electron chi connectivity index (χ0n) is 21.9. The molecule has 2 aromatic carbocycles. The van der Waals surface area contributed by atoms with Crippen molar-refractivity contribution in [1.82, 2.24) is 14.4 Å². The van der Waals surface area contributed by atoms with E-state index >= 15 is 0 Å². The number of halogens is 2. The Labute approximate surface area is 234 Å². The molecule has 2 N–H and O–H groups in total. The van der Waals surface area contributed by atoms with E-state index in [0.29, 0.717) is 10.7 Å². The quantitative estimate of drug-likeness (QED) is 0.433. The fourth-order valence-electron chi connectivity index (χ4n) is 4.32. The van der Waals surface area contributed by atoms with E-state index in [-0.39, 0.29) is 29.4 Å². The summed E-state index contributed by atoms with van der Waals surface area (Å²) in [6.07, 6.45) is 1.48. The van der Waals surface area contributed by atoms with Crippen molar-refractivity contribution >= 4 is 46.6 Å². The maximum absolute atomic E-state index is 15.0. The van der Waals surface area contributed by atoms with E-state index in [1.807, 2.05) is 0 Å². The van der Waals surface area contributed by atoms with Gasteiger partial charge < -0.3 is 20.4 Å². The summed E-state index contributed by atoms with van der Waals surface area (Å²) >= 11 is 5.90. The summed E-state index contributed by atoms with van der Waals surface area (Å²) in [5, 5.41) is 5.60. The molecule has 4 amide bonds. The Bertz CT molecular complexity index is 1520. The number of anilines is 2. The van der Waals surface area contributed by atoms with Crippen LogP contribution in [0.4, 0.5) is 15.8 Å². The first-order valence-corrected chi connectivity index (χ1v) is 12.7. The standard InChI is InChI=1S/C28H27ClFN5O5/c1-33(2)22(37)15-34(3)28(40)25-23(26(38)31-17-9-7-16(29)8-10-17)24(25)27(39)32-20-12-11-18(14-19(20)30)35-13-5-4-6-21(35)36/h4-14,23-25H,15H2,1-3H3,(H,31,38)(H,32,39)/t23-,24+,25+/m1/s1. The molecule has 0 aliphatic heterocycles. The highest BCUT2D eigenvalue weighted by molar-refractivity contribution is 6.30. The lowest BCUT2D eigenvalue weighted by molar-refractivity contribution is -0.139. The molecule has 0 radical (unpaired) electrons. The summed E-state index contributed by atoms with van der Waals surface area (Å²) < 4.78 is 16.2. The van der Waals surface area contributed by atoms with Crippen LogP contribution in [0.25, 0.3) is 5.69 Å². The highest BCUT2D eigenvalue weighted by Crippen LogP contribution is 2.49. The van der Waals surface area contributed by atoms with Gasteiger partial charge in [0.25, 0.3) is 5.56 Å². The number of hydrogen-bond donors (Lipinski definition) is 2. The van der Waals surface area contributed by atoms with Gasteiger partial charge in [0.05, 0.1) is 35.7 Å². The molecule has 1 aliphatic carbocycles. The molecule has 4 rings (SSSR count). The zero-order valence-corrected chi connectivity index (χ0v) is 22.7. The van der Waals surface area contributed by atoms with Gasteiger partial charge in [-0.15, -0.1) is 0 Å². The van der Waals surface area contributed by atoms with E-state index in [2.05, 4.69) is 10.6 Å². The van der Waals surface area contributed by atoms with Crippen molar-refractivity contribution < 1.29 is 23.6 Å². The average Bonchev–Trinajstić information content (AvgIpc) is 3.67. The predicted octanol–water partition coefficient (Wildman–Crippen LogP) is 2.62. The van der Waals surface area contributed by atoms with Gasteiger partial charge >= 0.3 is 0 Å². The Kier molecular flexibility index (Phi) is 8.34. The third kappa shape index (κ3) is 6.20. The number of likely N-dealkylation sites (N-methyl/N-ethyl adjacent to an activating group) is 2. The molecule has 40 heavy (non-hydrogen) atoms. The van der Waals surface area contributed by atoms with Gasteiger partial charge in [-0.1, -0.05) is 17.7 Å². The maximum Gasteiger partial charge on any atom is 0.255 e. The van der Waals surface area contributed by atoms with Crippen LogP contribution in [-0.4, -0.2) is 65.7 Å². The molecule has 1 aromatic heterocycles. The monoisotopic (exact) mass is 567 g/mol. The molecule has 3 aromatic rings. The second kappa shape index (κ2) is 11.7. The van der Waals surface area contributed by atoms with Crippen LogP contribution in [-0.2, 0) is 19.2 Å². The van der Waals surface area contributed by atoms with E-state index in [9.17, 15) is 28.4 Å². The van der Waals surface area contributed by atoms with Gasteiger partial charge in [0.1, 0.15) is 5.82 Å². The van der Waals surface area contributed by atoms with Crippen molar-refractivity contribution in [2.24, 2.45) is 17.8 Å². The minimum absolute atomic E-state index is 0.177. The summed E-state index contributed by atoms with van der Waals surface area (Å²) in [6.45, 7) is -0.239. The number of carbonyl (C=O) groups is 4. The second-order valence-electron chi connectivity index (χ2n) is 9.62. The molecule has 1 aliphatic rings. The van der Waals surface area contributed by atoms with Crippen LogP contribution in [0.15, 0.2) is 71.7 Å². The summed E-state index contributed by atoms with van der Waals surface area (Å²) in [7, 11) is 4.50. The number of hydrogen-bond acceptors (Lipinski definition) is 5. The minimum atomic E-state index is -1.10.